The lowest BCUT2D eigenvalue weighted by Gasteiger charge is -2.42. The quantitative estimate of drug-likeness (QED) is 0.871. The van der Waals surface area contributed by atoms with E-state index in [1.165, 1.54) is 0 Å². The van der Waals surface area contributed by atoms with Crippen molar-refractivity contribution in [2.24, 2.45) is 0 Å². The molecule has 2 heterocycles. The van der Waals surface area contributed by atoms with Crippen LogP contribution in [0.3, 0.4) is 0 Å². The van der Waals surface area contributed by atoms with Gasteiger partial charge in [-0.1, -0.05) is 0 Å². The van der Waals surface area contributed by atoms with E-state index in [1.54, 1.807) is 12.0 Å². The summed E-state index contributed by atoms with van der Waals surface area (Å²) in [6.45, 7) is 5.90. The van der Waals surface area contributed by atoms with Gasteiger partial charge in [0.1, 0.15) is 5.69 Å². The van der Waals surface area contributed by atoms with E-state index in [0.29, 0.717) is 31.9 Å². The van der Waals surface area contributed by atoms with Crippen LogP contribution in [-0.4, -0.2) is 65.6 Å². The molecule has 1 aromatic heterocycles. The molecule has 1 N–H and O–H groups in total. The van der Waals surface area contributed by atoms with Crippen molar-refractivity contribution in [3.8, 4) is 0 Å². The second kappa shape index (κ2) is 6.60. The van der Waals surface area contributed by atoms with Crippen LogP contribution in [0.25, 0.3) is 0 Å². The molecule has 0 aromatic carbocycles. The first kappa shape index (κ1) is 16.0. The number of aliphatic hydroxyl groups excluding tert-OH is 1. The molecule has 1 aliphatic rings. The van der Waals surface area contributed by atoms with Crippen LogP contribution in [-0.2, 0) is 16.0 Å². The number of aliphatic hydroxyl groups is 1. The minimum absolute atomic E-state index is 0.0362. The number of methoxy groups -OCH3 is 1. The highest BCUT2D eigenvalue weighted by atomic mass is 16.5. The van der Waals surface area contributed by atoms with Crippen molar-refractivity contribution in [3.63, 3.8) is 0 Å². The van der Waals surface area contributed by atoms with E-state index >= 15 is 0 Å². The van der Waals surface area contributed by atoms with Gasteiger partial charge in [-0.3, -0.25) is 4.79 Å². The Labute approximate surface area is 125 Å². The van der Waals surface area contributed by atoms with E-state index < -0.39 is 5.60 Å². The molecule has 0 saturated carbocycles. The minimum atomic E-state index is -0.453. The first-order valence-electron chi connectivity index (χ1n) is 7.19. The molecule has 1 fully saturated rings. The normalized spacial score (nSPS) is 21.5. The number of aromatic nitrogens is 1. The number of hydrogen-bond acceptors (Lipinski definition) is 4. The van der Waals surface area contributed by atoms with Crippen molar-refractivity contribution in [2.75, 3.05) is 33.4 Å². The monoisotopic (exact) mass is 296 g/mol. The Morgan fingerprint density at radius 3 is 3.00 bits per heavy atom. The van der Waals surface area contributed by atoms with E-state index in [9.17, 15) is 9.90 Å². The molecule has 1 amide bonds. The summed E-state index contributed by atoms with van der Waals surface area (Å²) in [6, 6.07) is 3.67. The Morgan fingerprint density at radius 2 is 2.33 bits per heavy atom. The van der Waals surface area contributed by atoms with E-state index in [-0.39, 0.29) is 18.6 Å². The van der Waals surface area contributed by atoms with Gasteiger partial charge >= 0.3 is 0 Å². The molecule has 1 aliphatic heterocycles. The van der Waals surface area contributed by atoms with Crippen molar-refractivity contribution < 1.29 is 19.4 Å². The van der Waals surface area contributed by atoms with Crippen LogP contribution in [0.2, 0.25) is 0 Å². The number of carbonyl (C=O) groups is 1. The first-order chi connectivity index (χ1) is 9.96. The summed E-state index contributed by atoms with van der Waals surface area (Å²) in [5, 5.41) is 9.34. The molecule has 0 radical (unpaired) electrons. The third-order valence-corrected chi connectivity index (χ3v) is 3.56. The second-order valence-electron chi connectivity index (χ2n) is 5.95. The largest absolute Gasteiger partial charge is 0.394 e. The zero-order valence-electron chi connectivity index (χ0n) is 12.9. The van der Waals surface area contributed by atoms with Crippen LogP contribution in [0.15, 0.2) is 18.3 Å². The zero-order chi connectivity index (χ0) is 15.5. The second-order valence-corrected chi connectivity index (χ2v) is 5.95. The van der Waals surface area contributed by atoms with Crippen LogP contribution in [0, 0.1) is 0 Å². The van der Waals surface area contributed by atoms with Gasteiger partial charge in [-0.25, -0.2) is 0 Å². The predicted molar refractivity (Wildman–Crippen MR) is 78.2 cm³/mol. The summed E-state index contributed by atoms with van der Waals surface area (Å²) >= 11 is 0. The minimum Gasteiger partial charge on any atom is -0.394 e. The van der Waals surface area contributed by atoms with Crippen molar-refractivity contribution in [3.05, 3.63) is 24.0 Å². The molecule has 0 bridgehead atoms. The zero-order valence-corrected chi connectivity index (χ0v) is 12.9. The maximum atomic E-state index is 12.7. The third kappa shape index (κ3) is 3.84. The van der Waals surface area contributed by atoms with E-state index in [2.05, 4.69) is 0 Å². The highest BCUT2D eigenvalue weighted by molar-refractivity contribution is 5.93. The van der Waals surface area contributed by atoms with Crippen LogP contribution in [0.4, 0.5) is 0 Å². The molecule has 1 saturated heterocycles. The molecule has 0 spiro atoms. The van der Waals surface area contributed by atoms with Gasteiger partial charge in [-0.15, -0.1) is 0 Å². The van der Waals surface area contributed by atoms with Crippen LogP contribution < -0.4 is 0 Å². The lowest BCUT2D eigenvalue weighted by Crippen LogP contribution is -2.55. The SMILES string of the molecule is COCCn1cccc1C(=O)N1CC(CO)OC(C)(C)C1. The lowest BCUT2D eigenvalue weighted by molar-refractivity contribution is -0.139. The van der Waals surface area contributed by atoms with Gasteiger partial charge in [0, 0.05) is 32.9 Å². The Morgan fingerprint density at radius 1 is 1.57 bits per heavy atom. The third-order valence-electron chi connectivity index (χ3n) is 3.56. The molecule has 0 aliphatic carbocycles. The Balaban J connectivity index is 2.13. The number of ether oxygens (including phenoxy) is 2. The molecular weight excluding hydrogens is 272 g/mol. The number of hydrogen-bond donors (Lipinski definition) is 1. The highest BCUT2D eigenvalue weighted by Crippen LogP contribution is 2.22. The van der Waals surface area contributed by atoms with Crippen molar-refractivity contribution >= 4 is 5.91 Å². The van der Waals surface area contributed by atoms with E-state index in [0.717, 1.165) is 0 Å². The van der Waals surface area contributed by atoms with Gasteiger partial charge < -0.3 is 24.0 Å². The standard InChI is InChI=1S/C15H24N2O4/c1-15(2)11-17(9-12(10-18)21-15)14(19)13-5-4-6-16(13)7-8-20-3/h4-6,12,18H,7-11H2,1-3H3. The molecule has 118 valence electrons. The van der Waals surface area contributed by atoms with E-state index in [4.69, 9.17) is 9.47 Å². The first-order valence-corrected chi connectivity index (χ1v) is 7.19. The van der Waals surface area contributed by atoms with E-state index in [1.807, 2.05) is 36.7 Å². The van der Waals surface area contributed by atoms with Crippen LogP contribution >= 0.6 is 0 Å². The summed E-state index contributed by atoms with van der Waals surface area (Å²) in [6.07, 6.45) is 1.54. The molecule has 6 nitrogen and oxygen atoms in total. The van der Waals surface area contributed by atoms with Gasteiger partial charge in [-0.05, 0) is 26.0 Å². The maximum absolute atomic E-state index is 12.7. The number of carbonyl (C=O) groups excluding carboxylic acids is 1. The fourth-order valence-corrected chi connectivity index (χ4v) is 2.70. The fraction of sp³-hybridized carbons (Fsp3) is 0.667. The Kier molecular flexibility index (Phi) is 5.03. The van der Waals surface area contributed by atoms with Crippen molar-refractivity contribution in [1.29, 1.82) is 0 Å². The molecule has 2 rings (SSSR count). The number of amides is 1. The Hall–Kier alpha value is -1.37. The summed E-state index contributed by atoms with van der Waals surface area (Å²) in [7, 11) is 1.64. The van der Waals surface area contributed by atoms with Gasteiger partial charge in [-0.2, -0.15) is 0 Å². The molecule has 1 unspecified atom stereocenters. The van der Waals surface area contributed by atoms with Gasteiger partial charge in [0.05, 0.1) is 24.9 Å². The number of nitrogens with zero attached hydrogens (tertiary/aromatic N) is 2. The summed E-state index contributed by atoms with van der Waals surface area (Å²) in [5.74, 6) is -0.0362. The molecule has 21 heavy (non-hydrogen) atoms. The molecule has 1 atom stereocenters. The Bertz CT molecular complexity index is 484. The number of morpholine rings is 1. The average Bonchev–Trinajstić information content (AvgIpc) is 2.90. The summed E-state index contributed by atoms with van der Waals surface area (Å²) < 4.78 is 12.7. The molecule has 6 heteroatoms. The number of rotatable bonds is 5. The average molecular weight is 296 g/mol. The maximum Gasteiger partial charge on any atom is 0.270 e. The fourth-order valence-electron chi connectivity index (χ4n) is 2.70. The lowest BCUT2D eigenvalue weighted by atomic mass is 10.0. The summed E-state index contributed by atoms with van der Waals surface area (Å²) in [4.78, 5) is 14.5. The van der Waals surface area contributed by atoms with Crippen molar-refractivity contribution in [1.82, 2.24) is 9.47 Å². The summed E-state index contributed by atoms with van der Waals surface area (Å²) in [5.41, 5.74) is 0.187. The van der Waals surface area contributed by atoms with Gasteiger partial charge in [0.15, 0.2) is 0 Å². The smallest absolute Gasteiger partial charge is 0.270 e. The van der Waals surface area contributed by atoms with Crippen molar-refractivity contribution in [2.45, 2.75) is 32.1 Å². The van der Waals surface area contributed by atoms with Gasteiger partial charge in [0.2, 0.25) is 0 Å². The van der Waals surface area contributed by atoms with Gasteiger partial charge in [0.25, 0.3) is 5.91 Å². The topological polar surface area (TPSA) is 63.9 Å². The molecule has 1 aromatic rings. The predicted octanol–water partition coefficient (Wildman–Crippen LogP) is 0.746. The van der Waals surface area contributed by atoms with Crippen LogP contribution in [0.5, 0.6) is 0 Å². The van der Waals surface area contributed by atoms with Crippen LogP contribution in [0.1, 0.15) is 24.3 Å². The molecular formula is C15H24N2O4. The highest BCUT2D eigenvalue weighted by Gasteiger charge is 2.36.